The van der Waals surface area contributed by atoms with Crippen LogP contribution in [-0.4, -0.2) is 23.1 Å². The Morgan fingerprint density at radius 2 is 2.05 bits per heavy atom. The van der Waals surface area contributed by atoms with Crippen LogP contribution in [0.4, 0.5) is 11.4 Å². The third kappa shape index (κ3) is 2.87. The van der Waals surface area contributed by atoms with Crippen molar-refractivity contribution in [1.82, 2.24) is 0 Å². The number of nitro benzene ring substituents is 1. The van der Waals surface area contributed by atoms with Gasteiger partial charge in [-0.25, -0.2) is 0 Å². The summed E-state index contributed by atoms with van der Waals surface area (Å²) in [5, 5.41) is 20.7. The first-order valence-corrected chi connectivity index (χ1v) is 6.70. The molecule has 0 bridgehead atoms. The molecule has 1 aliphatic rings. The average molecular weight is 264 g/mol. The van der Waals surface area contributed by atoms with Gasteiger partial charge in [-0.1, -0.05) is 18.9 Å². The second kappa shape index (κ2) is 5.57. The topological polar surface area (TPSA) is 66.6 Å². The van der Waals surface area contributed by atoms with Gasteiger partial charge in [0, 0.05) is 19.2 Å². The highest BCUT2D eigenvalue weighted by molar-refractivity contribution is 5.64. The maximum Gasteiger partial charge on any atom is 0.292 e. The van der Waals surface area contributed by atoms with Crippen LogP contribution in [0.3, 0.4) is 0 Å². The summed E-state index contributed by atoms with van der Waals surface area (Å²) < 4.78 is 0. The molecule has 0 spiro atoms. The molecule has 1 aromatic carbocycles. The van der Waals surface area contributed by atoms with Crippen molar-refractivity contribution < 1.29 is 10.0 Å². The van der Waals surface area contributed by atoms with Crippen molar-refractivity contribution in [3.05, 3.63) is 33.9 Å². The van der Waals surface area contributed by atoms with E-state index in [2.05, 4.69) is 0 Å². The zero-order chi connectivity index (χ0) is 14.0. The van der Waals surface area contributed by atoms with Crippen LogP contribution in [-0.2, 0) is 0 Å². The molecule has 0 unspecified atom stereocenters. The van der Waals surface area contributed by atoms with Gasteiger partial charge in [-0.2, -0.15) is 0 Å². The third-order valence-electron chi connectivity index (χ3n) is 3.93. The van der Waals surface area contributed by atoms with E-state index >= 15 is 0 Å². The van der Waals surface area contributed by atoms with Gasteiger partial charge >= 0.3 is 0 Å². The monoisotopic (exact) mass is 264 g/mol. The molecular weight excluding hydrogens is 244 g/mol. The smallest absolute Gasteiger partial charge is 0.292 e. The van der Waals surface area contributed by atoms with Crippen LogP contribution in [0.15, 0.2) is 18.2 Å². The molecule has 0 heterocycles. The van der Waals surface area contributed by atoms with Crippen LogP contribution in [0.25, 0.3) is 0 Å². The summed E-state index contributed by atoms with van der Waals surface area (Å²) in [4.78, 5) is 12.9. The van der Waals surface area contributed by atoms with Gasteiger partial charge in [0.2, 0.25) is 0 Å². The number of benzene rings is 1. The summed E-state index contributed by atoms with van der Waals surface area (Å²) in [5.74, 6) is 0. The summed E-state index contributed by atoms with van der Waals surface area (Å²) in [5.41, 5.74) is 1.30. The highest BCUT2D eigenvalue weighted by atomic mass is 16.6. The highest BCUT2D eigenvalue weighted by Gasteiger charge is 2.25. The van der Waals surface area contributed by atoms with Crippen molar-refractivity contribution in [3.8, 4) is 0 Å². The van der Waals surface area contributed by atoms with Crippen molar-refractivity contribution in [2.45, 2.75) is 44.8 Å². The molecule has 1 aliphatic carbocycles. The average Bonchev–Trinajstić information content (AvgIpc) is 2.90. The number of aliphatic hydroxyl groups excluding tert-OH is 1. The standard InChI is InChI=1S/C14H20N2O3/c1-10(17)11-7-8-13(14(9-11)16(18)19)15(2)12-5-3-4-6-12/h7-10,12,17H,3-6H2,1-2H3/t10-/m1/s1. The van der Waals surface area contributed by atoms with Gasteiger partial charge in [0.05, 0.1) is 11.0 Å². The molecule has 1 fully saturated rings. The van der Waals surface area contributed by atoms with Crippen LogP contribution in [0, 0.1) is 10.1 Å². The molecule has 5 nitrogen and oxygen atoms in total. The number of hydrogen-bond donors (Lipinski definition) is 1. The number of nitrogens with zero attached hydrogens (tertiary/aromatic N) is 2. The zero-order valence-corrected chi connectivity index (χ0v) is 11.4. The van der Waals surface area contributed by atoms with Crippen LogP contribution in [0.5, 0.6) is 0 Å². The van der Waals surface area contributed by atoms with Crippen molar-refractivity contribution in [2.24, 2.45) is 0 Å². The fourth-order valence-corrected chi connectivity index (χ4v) is 2.73. The van der Waals surface area contributed by atoms with Gasteiger partial charge < -0.3 is 10.0 Å². The highest BCUT2D eigenvalue weighted by Crippen LogP contribution is 2.34. The quantitative estimate of drug-likeness (QED) is 0.670. The zero-order valence-electron chi connectivity index (χ0n) is 11.4. The van der Waals surface area contributed by atoms with Gasteiger partial charge in [-0.15, -0.1) is 0 Å². The summed E-state index contributed by atoms with van der Waals surface area (Å²) in [6, 6.07) is 5.37. The minimum Gasteiger partial charge on any atom is -0.389 e. The second-order valence-corrected chi connectivity index (χ2v) is 5.23. The predicted molar refractivity (Wildman–Crippen MR) is 74.4 cm³/mol. The second-order valence-electron chi connectivity index (χ2n) is 5.23. The molecule has 104 valence electrons. The van der Waals surface area contributed by atoms with E-state index in [0.29, 0.717) is 17.3 Å². The normalized spacial score (nSPS) is 17.4. The van der Waals surface area contributed by atoms with Crippen LogP contribution >= 0.6 is 0 Å². The molecule has 5 heteroatoms. The number of anilines is 1. The molecule has 0 saturated heterocycles. The van der Waals surface area contributed by atoms with Gasteiger partial charge in [0.1, 0.15) is 5.69 Å². The fourth-order valence-electron chi connectivity index (χ4n) is 2.73. The van der Waals surface area contributed by atoms with Gasteiger partial charge in [0.25, 0.3) is 5.69 Å². The number of rotatable bonds is 4. The van der Waals surface area contributed by atoms with E-state index in [-0.39, 0.29) is 10.6 Å². The number of hydrogen-bond acceptors (Lipinski definition) is 4. The van der Waals surface area contributed by atoms with Crippen molar-refractivity contribution in [1.29, 1.82) is 0 Å². The lowest BCUT2D eigenvalue weighted by Crippen LogP contribution is -2.29. The summed E-state index contributed by atoms with van der Waals surface area (Å²) >= 11 is 0. The predicted octanol–water partition coefficient (Wildman–Crippen LogP) is 3.03. The summed E-state index contributed by atoms with van der Waals surface area (Å²) in [6.07, 6.45) is 3.87. The lowest BCUT2D eigenvalue weighted by atomic mass is 10.1. The maximum absolute atomic E-state index is 11.2. The first kappa shape index (κ1) is 13.8. The summed E-state index contributed by atoms with van der Waals surface area (Å²) in [6.45, 7) is 1.61. The van der Waals surface area contributed by atoms with Crippen LogP contribution in [0.2, 0.25) is 0 Å². The van der Waals surface area contributed by atoms with E-state index in [4.69, 9.17) is 0 Å². The molecular formula is C14H20N2O3. The number of nitro groups is 1. The minimum atomic E-state index is -0.690. The number of aliphatic hydroxyl groups is 1. The molecule has 2 rings (SSSR count). The SMILES string of the molecule is C[C@@H](O)c1ccc(N(C)C2CCCC2)c([N+](=O)[O-])c1. The van der Waals surface area contributed by atoms with E-state index in [1.54, 1.807) is 19.1 Å². The van der Waals surface area contributed by atoms with E-state index in [1.807, 2.05) is 11.9 Å². The Hall–Kier alpha value is -1.62. The molecule has 1 N–H and O–H groups in total. The van der Waals surface area contributed by atoms with Crippen molar-refractivity contribution in [2.75, 3.05) is 11.9 Å². The molecule has 1 saturated carbocycles. The minimum absolute atomic E-state index is 0.0767. The summed E-state index contributed by atoms with van der Waals surface area (Å²) in [7, 11) is 1.92. The Morgan fingerprint density at radius 3 is 2.58 bits per heavy atom. The van der Waals surface area contributed by atoms with Gasteiger partial charge in [0.15, 0.2) is 0 Å². The lowest BCUT2D eigenvalue weighted by molar-refractivity contribution is -0.384. The van der Waals surface area contributed by atoms with Crippen LogP contribution < -0.4 is 4.90 Å². The molecule has 19 heavy (non-hydrogen) atoms. The van der Waals surface area contributed by atoms with E-state index in [1.165, 1.54) is 18.9 Å². The molecule has 0 radical (unpaired) electrons. The first-order valence-electron chi connectivity index (χ1n) is 6.70. The lowest BCUT2D eigenvalue weighted by Gasteiger charge is -2.26. The fraction of sp³-hybridized carbons (Fsp3) is 0.571. The Kier molecular flexibility index (Phi) is 4.04. The molecule has 1 aromatic rings. The molecule has 0 amide bonds. The molecule has 0 aromatic heterocycles. The van der Waals surface area contributed by atoms with Crippen molar-refractivity contribution >= 4 is 11.4 Å². The van der Waals surface area contributed by atoms with Crippen molar-refractivity contribution in [3.63, 3.8) is 0 Å². The van der Waals surface area contributed by atoms with Gasteiger partial charge in [-0.05, 0) is 31.4 Å². The largest absolute Gasteiger partial charge is 0.389 e. The van der Waals surface area contributed by atoms with E-state index in [0.717, 1.165) is 12.8 Å². The first-order chi connectivity index (χ1) is 9.00. The maximum atomic E-state index is 11.2. The molecule has 1 atom stereocenters. The molecule has 0 aliphatic heterocycles. The van der Waals surface area contributed by atoms with E-state index in [9.17, 15) is 15.2 Å². The Morgan fingerprint density at radius 1 is 1.42 bits per heavy atom. The Bertz CT molecular complexity index is 468. The van der Waals surface area contributed by atoms with Gasteiger partial charge in [-0.3, -0.25) is 10.1 Å². The van der Waals surface area contributed by atoms with Crippen LogP contribution in [0.1, 0.15) is 44.3 Å². The Balaban J connectivity index is 2.35. The van der Waals surface area contributed by atoms with E-state index < -0.39 is 6.10 Å². The Labute approximate surface area is 113 Å². The third-order valence-corrected chi connectivity index (χ3v) is 3.93.